The molecule has 1 aliphatic heterocycles. The van der Waals surface area contributed by atoms with Crippen LogP contribution in [0.2, 0.25) is 0 Å². The molecule has 1 N–H and O–H groups in total. The van der Waals surface area contributed by atoms with E-state index in [0.717, 1.165) is 31.5 Å². The Hall–Kier alpha value is -1.07. The number of nitrogens with zero attached hydrogens (tertiary/aromatic N) is 1. The molecule has 5 heteroatoms. The number of rotatable bonds is 5. The van der Waals surface area contributed by atoms with Gasteiger partial charge in [-0.25, -0.2) is 0 Å². The first-order valence-corrected chi connectivity index (χ1v) is 7.55. The number of hydrogen-bond acceptors (Lipinski definition) is 2. The monoisotopic (exact) mass is 300 g/mol. The molecular formula is C16H23F3N2. The SMILES string of the molecule is CCC1Cc2cc(CNCC(F)(F)F)ccc2CN1CC. The van der Waals surface area contributed by atoms with Crippen molar-refractivity contribution in [2.75, 3.05) is 13.1 Å². The smallest absolute Gasteiger partial charge is 0.305 e. The zero-order valence-electron chi connectivity index (χ0n) is 12.6. The first-order valence-electron chi connectivity index (χ1n) is 7.55. The molecule has 118 valence electrons. The Morgan fingerprint density at radius 1 is 1.24 bits per heavy atom. The highest BCUT2D eigenvalue weighted by molar-refractivity contribution is 5.34. The number of fused-ring (bicyclic) bond motifs is 1. The zero-order chi connectivity index (χ0) is 15.5. The molecule has 0 saturated carbocycles. The van der Waals surface area contributed by atoms with E-state index in [0.29, 0.717) is 6.04 Å². The fourth-order valence-electron chi connectivity index (χ4n) is 2.99. The molecule has 2 rings (SSSR count). The molecule has 0 fully saturated rings. The van der Waals surface area contributed by atoms with Gasteiger partial charge in [0.05, 0.1) is 6.54 Å². The third-order valence-corrected chi connectivity index (χ3v) is 4.15. The number of benzene rings is 1. The second kappa shape index (κ2) is 6.79. The van der Waals surface area contributed by atoms with Gasteiger partial charge in [-0.05, 0) is 36.1 Å². The van der Waals surface area contributed by atoms with Crippen LogP contribution < -0.4 is 5.32 Å². The molecule has 0 aromatic heterocycles. The third kappa shape index (κ3) is 4.45. The van der Waals surface area contributed by atoms with Crippen molar-refractivity contribution in [1.29, 1.82) is 0 Å². The van der Waals surface area contributed by atoms with E-state index < -0.39 is 12.7 Å². The van der Waals surface area contributed by atoms with E-state index in [-0.39, 0.29) is 6.54 Å². The minimum atomic E-state index is -4.15. The zero-order valence-corrected chi connectivity index (χ0v) is 12.6. The molecule has 0 aliphatic carbocycles. The lowest BCUT2D eigenvalue weighted by molar-refractivity contribution is -0.125. The summed E-state index contributed by atoms with van der Waals surface area (Å²) in [6.45, 7) is 5.66. The molecular weight excluding hydrogens is 277 g/mol. The lowest BCUT2D eigenvalue weighted by atomic mass is 9.91. The average molecular weight is 300 g/mol. The van der Waals surface area contributed by atoms with Crippen LogP contribution in [0.4, 0.5) is 13.2 Å². The van der Waals surface area contributed by atoms with Gasteiger partial charge in [0, 0.05) is 19.1 Å². The van der Waals surface area contributed by atoms with Gasteiger partial charge in [0.2, 0.25) is 0 Å². The quantitative estimate of drug-likeness (QED) is 0.895. The fraction of sp³-hybridized carbons (Fsp3) is 0.625. The molecule has 0 amide bonds. The molecule has 1 unspecified atom stereocenters. The summed E-state index contributed by atoms with van der Waals surface area (Å²) in [5.41, 5.74) is 3.52. The van der Waals surface area contributed by atoms with E-state index >= 15 is 0 Å². The van der Waals surface area contributed by atoms with Crippen molar-refractivity contribution in [3.05, 3.63) is 34.9 Å². The molecule has 0 bridgehead atoms. The maximum atomic E-state index is 12.1. The van der Waals surface area contributed by atoms with Crippen LogP contribution in [0.5, 0.6) is 0 Å². The van der Waals surface area contributed by atoms with E-state index in [1.807, 2.05) is 6.07 Å². The standard InChI is InChI=1S/C16H23F3N2/c1-3-15-8-14-7-12(9-20-11-16(17,18)19)5-6-13(14)10-21(15)4-2/h5-7,15,20H,3-4,8-11H2,1-2H3. The molecule has 0 saturated heterocycles. The Labute approximate surface area is 124 Å². The van der Waals surface area contributed by atoms with Crippen LogP contribution >= 0.6 is 0 Å². The maximum absolute atomic E-state index is 12.1. The molecule has 0 spiro atoms. The van der Waals surface area contributed by atoms with Gasteiger partial charge in [-0.1, -0.05) is 32.0 Å². The van der Waals surface area contributed by atoms with Crippen molar-refractivity contribution in [1.82, 2.24) is 10.2 Å². The minimum absolute atomic E-state index is 0.265. The summed E-state index contributed by atoms with van der Waals surface area (Å²) in [4.78, 5) is 2.46. The van der Waals surface area contributed by atoms with Gasteiger partial charge in [0.1, 0.15) is 0 Å². The minimum Gasteiger partial charge on any atom is -0.305 e. The van der Waals surface area contributed by atoms with Crippen LogP contribution in [0.25, 0.3) is 0 Å². The Bertz CT molecular complexity index is 471. The van der Waals surface area contributed by atoms with E-state index in [2.05, 4.69) is 36.2 Å². The first kappa shape index (κ1) is 16.3. The Kier molecular flexibility index (Phi) is 5.27. The van der Waals surface area contributed by atoms with Gasteiger partial charge in [0.15, 0.2) is 0 Å². The summed E-state index contributed by atoms with van der Waals surface area (Å²) >= 11 is 0. The van der Waals surface area contributed by atoms with Crippen LogP contribution in [-0.4, -0.2) is 30.2 Å². The number of hydrogen-bond donors (Lipinski definition) is 1. The lowest BCUT2D eigenvalue weighted by Gasteiger charge is -2.36. The Morgan fingerprint density at radius 2 is 2.00 bits per heavy atom. The van der Waals surface area contributed by atoms with E-state index in [4.69, 9.17) is 0 Å². The van der Waals surface area contributed by atoms with Crippen molar-refractivity contribution in [2.45, 2.75) is 52.0 Å². The Balaban J connectivity index is 2.02. The van der Waals surface area contributed by atoms with Crippen LogP contribution in [0, 0.1) is 0 Å². The number of halogens is 3. The topological polar surface area (TPSA) is 15.3 Å². The van der Waals surface area contributed by atoms with Gasteiger partial charge in [-0.3, -0.25) is 4.90 Å². The highest BCUT2D eigenvalue weighted by atomic mass is 19.4. The van der Waals surface area contributed by atoms with Crippen molar-refractivity contribution >= 4 is 0 Å². The van der Waals surface area contributed by atoms with Gasteiger partial charge >= 0.3 is 6.18 Å². The molecule has 1 heterocycles. The van der Waals surface area contributed by atoms with Crippen LogP contribution in [0.1, 0.15) is 37.0 Å². The Morgan fingerprint density at radius 3 is 2.62 bits per heavy atom. The molecule has 0 radical (unpaired) electrons. The normalized spacial score (nSPS) is 19.6. The molecule has 1 aromatic carbocycles. The predicted molar refractivity (Wildman–Crippen MR) is 78.1 cm³/mol. The molecule has 1 aliphatic rings. The molecule has 1 atom stereocenters. The number of nitrogens with one attached hydrogen (secondary N) is 1. The predicted octanol–water partition coefficient (Wildman–Crippen LogP) is 3.50. The van der Waals surface area contributed by atoms with Crippen molar-refractivity contribution in [2.24, 2.45) is 0 Å². The second-order valence-corrected chi connectivity index (χ2v) is 5.65. The van der Waals surface area contributed by atoms with E-state index in [1.54, 1.807) is 0 Å². The fourth-order valence-corrected chi connectivity index (χ4v) is 2.99. The summed E-state index contributed by atoms with van der Waals surface area (Å²) in [5.74, 6) is 0. The van der Waals surface area contributed by atoms with Gasteiger partial charge < -0.3 is 5.32 Å². The maximum Gasteiger partial charge on any atom is 0.401 e. The second-order valence-electron chi connectivity index (χ2n) is 5.65. The van der Waals surface area contributed by atoms with Crippen LogP contribution in [-0.2, 0) is 19.5 Å². The largest absolute Gasteiger partial charge is 0.401 e. The number of alkyl halides is 3. The number of likely N-dealkylation sites (N-methyl/N-ethyl adjacent to an activating group) is 1. The first-order chi connectivity index (χ1) is 9.93. The third-order valence-electron chi connectivity index (χ3n) is 4.15. The summed E-state index contributed by atoms with van der Waals surface area (Å²) in [5, 5.41) is 2.46. The highest BCUT2D eigenvalue weighted by Crippen LogP contribution is 2.25. The summed E-state index contributed by atoms with van der Waals surface area (Å²) in [6.07, 6.45) is -2.06. The summed E-state index contributed by atoms with van der Waals surface area (Å²) < 4.78 is 36.4. The van der Waals surface area contributed by atoms with Gasteiger partial charge in [-0.2, -0.15) is 13.2 Å². The van der Waals surface area contributed by atoms with Crippen molar-refractivity contribution < 1.29 is 13.2 Å². The highest BCUT2D eigenvalue weighted by Gasteiger charge is 2.26. The summed E-state index contributed by atoms with van der Waals surface area (Å²) in [6, 6.07) is 6.60. The van der Waals surface area contributed by atoms with Crippen molar-refractivity contribution in [3.8, 4) is 0 Å². The van der Waals surface area contributed by atoms with Gasteiger partial charge in [-0.15, -0.1) is 0 Å². The molecule has 1 aromatic rings. The molecule has 21 heavy (non-hydrogen) atoms. The van der Waals surface area contributed by atoms with Crippen LogP contribution in [0.3, 0.4) is 0 Å². The molecule has 2 nitrogen and oxygen atoms in total. The van der Waals surface area contributed by atoms with Crippen molar-refractivity contribution in [3.63, 3.8) is 0 Å². The lowest BCUT2D eigenvalue weighted by Crippen LogP contribution is -2.39. The van der Waals surface area contributed by atoms with E-state index in [1.165, 1.54) is 11.1 Å². The van der Waals surface area contributed by atoms with E-state index in [9.17, 15) is 13.2 Å². The summed E-state index contributed by atoms with van der Waals surface area (Å²) in [7, 11) is 0. The van der Waals surface area contributed by atoms with Gasteiger partial charge in [0.25, 0.3) is 0 Å². The average Bonchev–Trinajstić information content (AvgIpc) is 2.44. The van der Waals surface area contributed by atoms with Crippen LogP contribution in [0.15, 0.2) is 18.2 Å².